The number of aromatic nitrogens is 5. The van der Waals surface area contributed by atoms with Crippen LogP contribution in [0.2, 0.25) is 0 Å². The highest BCUT2D eigenvalue weighted by Crippen LogP contribution is 2.17. The van der Waals surface area contributed by atoms with Crippen LogP contribution >= 0.6 is 0 Å². The van der Waals surface area contributed by atoms with Crippen LogP contribution in [-0.4, -0.2) is 37.6 Å². The Hall–Kier alpha value is -2.83. The molecule has 3 rings (SSSR count). The number of fused-ring (bicyclic) bond motifs is 1. The van der Waals surface area contributed by atoms with Gasteiger partial charge in [0.05, 0.1) is 18.2 Å². The molecule has 0 unspecified atom stereocenters. The number of pyridine rings is 1. The van der Waals surface area contributed by atoms with Crippen LogP contribution in [0.4, 0.5) is 0 Å². The summed E-state index contributed by atoms with van der Waals surface area (Å²) in [6, 6.07) is 3.34. The maximum absolute atomic E-state index is 11.5. The van der Waals surface area contributed by atoms with Gasteiger partial charge in [0.2, 0.25) is 0 Å². The first-order valence-corrected chi connectivity index (χ1v) is 5.48. The maximum Gasteiger partial charge on any atom is 0.339 e. The van der Waals surface area contributed by atoms with Crippen molar-refractivity contribution in [3.8, 4) is 11.4 Å². The Morgan fingerprint density at radius 1 is 1.21 bits per heavy atom. The molecular weight excluding hydrogens is 246 g/mol. The summed E-state index contributed by atoms with van der Waals surface area (Å²) in [5.74, 6) is 0.159. The Bertz CT molecular complexity index is 738. The lowest BCUT2D eigenvalue weighted by Gasteiger charge is -2.02. The van der Waals surface area contributed by atoms with Crippen LogP contribution in [0.5, 0.6) is 0 Å². The fourth-order valence-electron chi connectivity index (χ4n) is 1.74. The molecule has 7 heteroatoms. The van der Waals surface area contributed by atoms with Gasteiger partial charge in [-0.2, -0.15) is 0 Å². The number of rotatable bonds is 2. The molecule has 0 aliphatic rings. The zero-order valence-electron chi connectivity index (χ0n) is 10.0. The van der Waals surface area contributed by atoms with Gasteiger partial charge < -0.3 is 4.74 Å². The summed E-state index contributed by atoms with van der Waals surface area (Å²) in [4.78, 5) is 19.4. The lowest BCUT2D eigenvalue weighted by Crippen LogP contribution is -2.03. The van der Waals surface area contributed by atoms with Gasteiger partial charge in [0, 0.05) is 18.6 Å². The summed E-state index contributed by atoms with van der Waals surface area (Å²) in [6.45, 7) is 0. The van der Waals surface area contributed by atoms with Crippen molar-refractivity contribution in [3.05, 3.63) is 42.6 Å². The highest BCUT2D eigenvalue weighted by atomic mass is 16.5. The Morgan fingerprint density at radius 3 is 2.74 bits per heavy atom. The largest absolute Gasteiger partial charge is 0.465 e. The summed E-state index contributed by atoms with van der Waals surface area (Å²) in [5, 5.41) is 8.10. The monoisotopic (exact) mass is 255 g/mol. The van der Waals surface area contributed by atoms with Gasteiger partial charge in [0.15, 0.2) is 11.5 Å². The number of hydrogen-bond donors (Lipinski definition) is 0. The molecule has 0 saturated heterocycles. The molecule has 0 aliphatic carbocycles. The first-order chi connectivity index (χ1) is 9.29. The van der Waals surface area contributed by atoms with E-state index in [1.165, 1.54) is 13.4 Å². The van der Waals surface area contributed by atoms with E-state index in [0.29, 0.717) is 17.0 Å². The van der Waals surface area contributed by atoms with Crippen LogP contribution < -0.4 is 0 Å². The molecule has 3 aromatic rings. The van der Waals surface area contributed by atoms with Crippen LogP contribution in [0, 0.1) is 0 Å². The number of esters is 1. The number of carbonyl (C=O) groups excluding carboxylic acids is 1. The summed E-state index contributed by atoms with van der Waals surface area (Å²) in [5.41, 5.74) is 1.77. The normalized spacial score (nSPS) is 10.6. The van der Waals surface area contributed by atoms with E-state index in [9.17, 15) is 4.79 Å². The molecule has 0 N–H and O–H groups in total. The predicted molar refractivity (Wildman–Crippen MR) is 65.4 cm³/mol. The minimum atomic E-state index is -0.411. The van der Waals surface area contributed by atoms with Crippen molar-refractivity contribution in [2.75, 3.05) is 7.11 Å². The SMILES string of the molecule is COC(=O)c1ccc2nnc(-c3cncnc3)n2c1. The van der Waals surface area contributed by atoms with Gasteiger partial charge in [0.1, 0.15) is 6.33 Å². The van der Waals surface area contributed by atoms with Gasteiger partial charge in [-0.1, -0.05) is 0 Å². The van der Waals surface area contributed by atoms with E-state index < -0.39 is 5.97 Å². The minimum absolute atomic E-state index is 0.411. The summed E-state index contributed by atoms with van der Waals surface area (Å²) >= 11 is 0. The van der Waals surface area contributed by atoms with Gasteiger partial charge in [0.25, 0.3) is 0 Å². The molecule has 0 fully saturated rings. The van der Waals surface area contributed by atoms with E-state index in [4.69, 9.17) is 0 Å². The molecule has 0 aliphatic heterocycles. The van der Waals surface area contributed by atoms with Crippen molar-refractivity contribution in [3.63, 3.8) is 0 Å². The number of carbonyl (C=O) groups is 1. The van der Waals surface area contributed by atoms with Gasteiger partial charge in [-0.05, 0) is 12.1 Å². The molecule has 0 spiro atoms. The molecule has 94 valence electrons. The van der Waals surface area contributed by atoms with Crippen molar-refractivity contribution >= 4 is 11.6 Å². The molecule has 0 saturated carbocycles. The highest BCUT2D eigenvalue weighted by molar-refractivity contribution is 5.89. The van der Waals surface area contributed by atoms with E-state index in [-0.39, 0.29) is 0 Å². The zero-order chi connectivity index (χ0) is 13.2. The van der Waals surface area contributed by atoms with Crippen LogP contribution in [0.1, 0.15) is 10.4 Å². The predicted octanol–water partition coefficient (Wildman–Crippen LogP) is 0.973. The summed E-state index contributed by atoms with van der Waals surface area (Å²) in [6.07, 6.45) is 6.33. The maximum atomic E-state index is 11.5. The number of nitrogens with zero attached hydrogens (tertiary/aromatic N) is 5. The Kier molecular flexibility index (Phi) is 2.64. The molecule has 0 aromatic carbocycles. The fourth-order valence-corrected chi connectivity index (χ4v) is 1.74. The van der Waals surface area contributed by atoms with Crippen molar-refractivity contribution in [1.82, 2.24) is 24.6 Å². The lowest BCUT2D eigenvalue weighted by molar-refractivity contribution is 0.0600. The van der Waals surface area contributed by atoms with Crippen LogP contribution in [0.25, 0.3) is 17.0 Å². The van der Waals surface area contributed by atoms with Crippen LogP contribution in [0.15, 0.2) is 37.1 Å². The molecule has 0 radical (unpaired) electrons. The Morgan fingerprint density at radius 2 is 2.00 bits per heavy atom. The average Bonchev–Trinajstić information content (AvgIpc) is 2.90. The fraction of sp³-hybridized carbons (Fsp3) is 0.0833. The Balaban J connectivity index is 2.19. The smallest absolute Gasteiger partial charge is 0.339 e. The van der Waals surface area contributed by atoms with E-state index in [2.05, 4.69) is 24.9 Å². The molecule has 3 aromatic heterocycles. The van der Waals surface area contributed by atoms with Crippen LogP contribution in [-0.2, 0) is 4.74 Å². The number of hydrogen-bond acceptors (Lipinski definition) is 6. The first-order valence-electron chi connectivity index (χ1n) is 5.48. The van der Waals surface area contributed by atoms with Crippen molar-refractivity contribution < 1.29 is 9.53 Å². The zero-order valence-corrected chi connectivity index (χ0v) is 10.0. The van der Waals surface area contributed by atoms with Crippen molar-refractivity contribution in [1.29, 1.82) is 0 Å². The molecule has 0 atom stereocenters. The lowest BCUT2D eigenvalue weighted by atomic mass is 10.2. The van der Waals surface area contributed by atoms with Gasteiger partial charge in [-0.25, -0.2) is 14.8 Å². The van der Waals surface area contributed by atoms with Gasteiger partial charge in [-0.15, -0.1) is 10.2 Å². The molecule has 19 heavy (non-hydrogen) atoms. The van der Waals surface area contributed by atoms with E-state index >= 15 is 0 Å². The minimum Gasteiger partial charge on any atom is -0.465 e. The number of methoxy groups -OCH3 is 1. The van der Waals surface area contributed by atoms with Crippen LogP contribution in [0.3, 0.4) is 0 Å². The summed E-state index contributed by atoms with van der Waals surface area (Å²) in [7, 11) is 1.34. The number of ether oxygens (including phenoxy) is 1. The second-order valence-corrected chi connectivity index (χ2v) is 3.79. The second kappa shape index (κ2) is 4.45. The quantitative estimate of drug-likeness (QED) is 0.635. The second-order valence-electron chi connectivity index (χ2n) is 3.79. The Labute approximate surface area is 107 Å². The topological polar surface area (TPSA) is 82.3 Å². The van der Waals surface area contributed by atoms with Crippen molar-refractivity contribution in [2.24, 2.45) is 0 Å². The molecule has 0 bridgehead atoms. The van der Waals surface area contributed by atoms with Gasteiger partial charge in [-0.3, -0.25) is 4.40 Å². The standard InChI is InChI=1S/C12H9N5O2/c1-19-12(18)8-2-3-10-15-16-11(17(10)6-8)9-4-13-7-14-5-9/h2-7H,1H3. The van der Waals surface area contributed by atoms with Gasteiger partial charge >= 0.3 is 5.97 Å². The molecule has 7 nitrogen and oxygen atoms in total. The van der Waals surface area contributed by atoms with E-state index in [0.717, 1.165) is 5.56 Å². The third-order valence-electron chi connectivity index (χ3n) is 2.64. The molecular formula is C12H9N5O2. The van der Waals surface area contributed by atoms with Crippen molar-refractivity contribution in [2.45, 2.75) is 0 Å². The third-order valence-corrected chi connectivity index (χ3v) is 2.64. The third kappa shape index (κ3) is 1.90. The highest BCUT2D eigenvalue weighted by Gasteiger charge is 2.12. The average molecular weight is 255 g/mol. The summed E-state index contributed by atoms with van der Waals surface area (Å²) < 4.78 is 6.39. The van der Waals surface area contributed by atoms with E-state index in [1.807, 2.05) is 0 Å². The first kappa shape index (κ1) is 11.3. The molecule has 3 heterocycles. The molecule has 0 amide bonds. The van der Waals surface area contributed by atoms with E-state index in [1.54, 1.807) is 35.1 Å².